The van der Waals surface area contributed by atoms with Crippen LogP contribution in [0.15, 0.2) is 60.9 Å². The number of nitrogens with zero attached hydrogens (tertiary/aromatic N) is 3. The molecule has 1 aliphatic carbocycles. The molecule has 2 fully saturated rings. The zero-order valence-corrected chi connectivity index (χ0v) is 16.8. The van der Waals surface area contributed by atoms with E-state index in [2.05, 4.69) is 15.3 Å². The number of nitrogens with one attached hydrogen (secondary N) is 1. The molecular weight excluding hydrogens is 376 g/mol. The molecule has 1 aliphatic heterocycles. The van der Waals surface area contributed by atoms with E-state index in [0.29, 0.717) is 25.3 Å². The molecule has 1 spiro atoms. The minimum Gasteiger partial charge on any atom is -0.352 e. The highest BCUT2D eigenvalue weighted by Crippen LogP contribution is 2.52. The average Bonchev–Trinajstić information content (AvgIpc) is 3.19. The van der Waals surface area contributed by atoms with Crippen LogP contribution < -0.4 is 5.32 Å². The minimum atomic E-state index is -0.169. The number of aromatic nitrogens is 2. The van der Waals surface area contributed by atoms with Gasteiger partial charge in [-0.05, 0) is 42.7 Å². The van der Waals surface area contributed by atoms with Gasteiger partial charge in [0.2, 0.25) is 5.91 Å². The highest BCUT2D eigenvalue weighted by Gasteiger charge is 2.54. The van der Waals surface area contributed by atoms with E-state index in [0.717, 1.165) is 35.7 Å². The lowest BCUT2D eigenvalue weighted by molar-refractivity contribution is -0.129. The summed E-state index contributed by atoms with van der Waals surface area (Å²) in [6.07, 6.45) is 6.55. The number of hydrogen-bond acceptors (Lipinski definition) is 4. The summed E-state index contributed by atoms with van der Waals surface area (Å²) in [5.74, 6) is -0.220. The Kier molecular flexibility index (Phi) is 4.69. The molecule has 0 radical (unpaired) electrons. The van der Waals surface area contributed by atoms with Crippen LogP contribution in [-0.2, 0) is 11.3 Å². The van der Waals surface area contributed by atoms with Crippen LogP contribution in [0, 0.1) is 11.3 Å². The Morgan fingerprint density at radius 3 is 2.63 bits per heavy atom. The molecule has 30 heavy (non-hydrogen) atoms. The van der Waals surface area contributed by atoms with Gasteiger partial charge in [0.15, 0.2) is 0 Å². The van der Waals surface area contributed by atoms with Crippen LogP contribution in [0.1, 0.15) is 35.3 Å². The number of pyridine rings is 2. The van der Waals surface area contributed by atoms with Crippen molar-refractivity contribution in [3.63, 3.8) is 0 Å². The standard InChI is InChI=1S/C24H24N4O2/c29-22(26-14-17-8-12-25-13-9-17)19-15-28(16-24(19)10-3-11-24)23(30)21-7-6-18-4-1-2-5-20(18)27-21/h1-2,4-9,12-13,19H,3,10-11,14-16H2,(H,26,29). The number of fused-ring (bicyclic) bond motifs is 1. The summed E-state index contributed by atoms with van der Waals surface area (Å²) >= 11 is 0. The van der Waals surface area contributed by atoms with Crippen molar-refractivity contribution < 1.29 is 9.59 Å². The maximum absolute atomic E-state index is 13.2. The predicted octanol–water partition coefficient (Wildman–Crippen LogP) is 3.19. The Bertz CT molecular complexity index is 1090. The van der Waals surface area contributed by atoms with Gasteiger partial charge in [0.1, 0.15) is 5.69 Å². The normalized spacial score (nSPS) is 19.6. The molecule has 1 saturated heterocycles. The highest BCUT2D eigenvalue weighted by atomic mass is 16.2. The predicted molar refractivity (Wildman–Crippen MR) is 114 cm³/mol. The van der Waals surface area contributed by atoms with Crippen molar-refractivity contribution in [1.29, 1.82) is 0 Å². The molecule has 1 aromatic carbocycles. The third-order valence-corrected chi connectivity index (χ3v) is 6.63. The summed E-state index contributed by atoms with van der Waals surface area (Å²) in [5.41, 5.74) is 2.19. The van der Waals surface area contributed by atoms with Gasteiger partial charge in [0.05, 0.1) is 11.4 Å². The van der Waals surface area contributed by atoms with Crippen molar-refractivity contribution in [2.75, 3.05) is 13.1 Å². The second-order valence-corrected chi connectivity index (χ2v) is 8.42. The van der Waals surface area contributed by atoms with E-state index < -0.39 is 0 Å². The number of hydrogen-bond donors (Lipinski definition) is 1. The van der Waals surface area contributed by atoms with Gasteiger partial charge in [0, 0.05) is 42.8 Å². The smallest absolute Gasteiger partial charge is 0.272 e. The fraction of sp³-hybridized carbons (Fsp3) is 0.333. The average molecular weight is 400 g/mol. The lowest BCUT2D eigenvalue weighted by atomic mass is 9.62. The molecule has 2 aliphatic rings. The van der Waals surface area contributed by atoms with E-state index in [1.54, 1.807) is 18.5 Å². The fourth-order valence-electron chi connectivity index (χ4n) is 4.78. The number of likely N-dealkylation sites (tertiary alicyclic amines) is 1. The summed E-state index contributed by atoms with van der Waals surface area (Å²) in [4.78, 5) is 36.6. The van der Waals surface area contributed by atoms with E-state index in [-0.39, 0.29) is 23.1 Å². The number of rotatable bonds is 4. The van der Waals surface area contributed by atoms with Crippen molar-refractivity contribution in [2.45, 2.75) is 25.8 Å². The van der Waals surface area contributed by atoms with Crippen LogP contribution in [0.25, 0.3) is 10.9 Å². The van der Waals surface area contributed by atoms with Crippen LogP contribution >= 0.6 is 0 Å². The lowest BCUT2D eigenvalue weighted by Crippen LogP contribution is -2.45. The molecule has 1 N–H and O–H groups in total. The van der Waals surface area contributed by atoms with Gasteiger partial charge in [-0.2, -0.15) is 0 Å². The van der Waals surface area contributed by atoms with E-state index in [9.17, 15) is 9.59 Å². The molecule has 6 heteroatoms. The summed E-state index contributed by atoms with van der Waals surface area (Å²) < 4.78 is 0. The van der Waals surface area contributed by atoms with Crippen LogP contribution in [0.4, 0.5) is 0 Å². The van der Waals surface area contributed by atoms with Gasteiger partial charge in [0.25, 0.3) is 5.91 Å². The van der Waals surface area contributed by atoms with Gasteiger partial charge in [-0.25, -0.2) is 4.98 Å². The third-order valence-electron chi connectivity index (χ3n) is 6.63. The quantitative estimate of drug-likeness (QED) is 0.730. The monoisotopic (exact) mass is 400 g/mol. The maximum Gasteiger partial charge on any atom is 0.272 e. The molecule has 5 rings (SSSR count). The molecule has 152 valence electrons. The van der Waals surface area contributed by atoms with Gasteiger partial charge >= 0.3 is 0 Å². The Labute approximate surface area is 175 Å². The van der Waals surface area contributed by atoms with E-state index in [1.165, 1.54) is 0 Å². The first-order chi connectivity index (χ1) is 14.6. The molecular formula is C24H24N4O2. The molecule has 2 amide bonds. The van der Waals surface area contributed by atoms with E-state index >= 15 is 0 Å². The Hall–Kier alpha value is -3.28. The molecule has 3 aromatic rings. The maximum atomic E-state index is 13.2. The molecule has 6 nitrogen and oxygen atoms in total. The summed E-state index contributed by atoms with van der Waals surface area (Å²) in [7, 11) is 0. The number of amides is 2. The first kappa shape index (κ1) is 18.7. The topological polar surface area (TPSA) is 75.2 Å². The zero-order chi connectivity index (χ0) is 20.6. The molecule has 3 heterocycles. The first-order valence-electron chi connectivity index (χ1n) is 10.5. The first-order valence-corrected chi connectivity index (χ1v) is 10.5. The van der Waals surface area contributed by atoms with Gasteiger partial charge in [-0.1, -0.05) is 30.7 Å². The third kappa shape index (κ3) is 3.32. The largest absolute Gasteiger partial charge is 0.352 e. The van der Waals surface area contributed by atoms with E-state index in [4.69, 9.17) is 0 Å². The minimum absolute atomic E-state index is 0.0354. The zero-order valence-electron chi connectivity index (χ0n) is 16.8. The summed E-state index contributed by atoms with van der Waals surface area (Å²) in [6.45, 7) is 1.57. The SMILES string of the molecule is O=C(NCc1ccncc1)C1CN(C(=O)c2ccc3ccccc3n2)CC12CCC2. The van der Waals surface area contributed by atoms with Crippen LogP contribution in [-0.4, -0.2) is 39.8 Å². The van der Waals surface area contributed by atoms with Crippen LogP contribution in [0.5, 0.6) is 0 Å². The van der Waals surface area contributed by atoms with Crippen molar-refractivity contribution >= 4 is 22.7 Å². The second kappa shape index (κ2) is 7.52. The molecule has 1 saturated carbocycles. The van der Waals surface area contributed by atoms with Crippen LogP contribution in [0.3, 0.4) is 0 Å². The van der Waals surface area contributed by atoms with Gasteiger partial charge in [-0.3, -0.25) is 14.6 Å². The summed E-state index contributed by atoms with van der Waals surface area (Å²) in [6, 6.07) is 15.3. The highest BCUT2D eigenvalue weighted by molar-refractivity contribution is 5.95. The number of benzene rings is 1. The van der Waals surface area contributed by atoms with Crippen molar-refractivity contribution in [2.24, 2.45) is 11.3 Å². The Morgan fingerprint density at radius 1 is 1.07 bits per heavy atom. The summed E-state index contributed by atoms with van der Waals surface area (Å²) in [5, 5.41) is 4.08. The van der Waals surface area contributed by atoms with Gasteiger partial charge < -0.3 is 10.2 Å². The molecule has 0 bridgehead atoms. The number of carbonyl (C=O) groups is 2. The lowest BCUT2D eigenvalue weighted by Gasteiger charge is -2.41. The molecule has 2 aromatic heterocycles. The Balaban J connectivity index is 1.32. The Morgan fingerprint density at radius 2 is 1.87 bits per heavy atom. The number of para-hydroxylation sites is 1. The van der Waals surface area contributed by atoms with Crippen LogP contribution in [0.2, 0.25) is 0 Å². The van der Waals surface area contributed by atoms with Crippen molar-refractivity contribution in [1.82, 2.24) is 20.2 Å². The fourth-order valence-corrected chi connectivity index (χ4v) is 4.78. The van der Waals surface area contributed by atoms with E-state index in [1.807, 2.05) is 47.4 Å². The second-order valence-electron chi connectivity index (χ2n) is 8.42. The molecule has 1 unspecified atom stereocenters. The van der Waals surface area contributed by atoms with Gasteiger partial charge in [-0.15, -0.1) is 0 Å². The van der Waals surface area contributed by atoms with Crippen molar-refractivity contribution in [3.8, 4) is 0 Å². The number of carbonyl (C=O) groups excluding carboxylic acids is 2. The van der Waals surface area contributed by atoms with Crippen molar-refractivity contribution in [3.05, 3.63) is 72.2 Å². The molecule has 1 atom stereocenters.